The predicted molar refractivity (Wildman–Crippen MR) is 169 cm³/mol. The maximum Gasteiger partial charge on any atom is 0.475 e. The molecular formula is C31H54BN2O6P+. The van der Waals surface area contributed by atoms with Gasteiger partial charge in [0.05, 0.1) is 13.5 Å². The highest BCUT2D eigenvalue weighted by molar-refractivity contribution is 7.47. The van der Waals surface area contributed by atoms with Crippen LogP contribution in [0.1, 0.15) is 121 Å². The number of carbonyl (C=O) groups is 1. The van der Waals surface area contributed by atoms with E-state index in [0.29, 0.717) is 19.2 Å². The van der Waals surface area contributed by atoms with Gasteiger partial charge in [-0.3, -0.25) is 14.7 Å². The molecule has 10 heteroatoms. The van der Waals surface area contributed by atoms with E-state index in [0.717, 1.165) is 37.8 Å². The van der Waals surface area contributed by atoms with Crippen molar-refractivity contribution < 1.29 is 28.0 Å². The first-order chi connectivity index (χ1) is 20.0. The monoisotopic (exact) mass is 592 g/mol. The second-order valence-electron chi connectivity index (χ2n) is 10.6. The molecule has 0 saturated carbocycles. The molecule has 1 atom stereocenters. The van der Waals surface area contributed by atoms with Gasteiger partial charge in [-0.05, 0) is 49.7 Å². The first-order valence-corrected chi connectivity index (χ1v) is 17.2. The normalized spacial score (nSPS) is 12.5. The van der Waals surface area contributed by atoms with Crippen LogP contribution in [0.3, 0.4) is 0 Å². The molecule has 1 aromatic rings. The molecule has 1 rings (SSSR count). The number of unbranched alkanes of at least 4 members (excludes halogenated alkanes) is 15. The fourth-order valence-electron chi connectivity index (χ4n) is 4.68. The predicted octanol–water partition coefficient (Wildman–Crippen LogP) is 8.82. The van der Waals surface area contributed by atoms with Gasteiger partial charge in [0.15, 0.2) is 6.61 Å². The van der Waals surface area contributed by atoms with Crippen molar-refractivity contribution in [3.63, 3.8) is 0 Å². The molecule has 0 aliphatic rings. The van der Waals surface area contributed by atoms with E-state index in [-0.39, 0.29) is 19.1 Å². The first kappa shape index (κ1) is 37.2. The maximum absolute atomic E-state index is 12.0. The van der Waals surface area contributed by atoms with Crippen LogP contribution in [0.4, 0.5) is 5.69 Å². The third-order valence-corrected chi connectivity index (χ3v) is 8.01. The van der Waals surface area contributed by atoms with E-state index in [9.17, 15) is 14.3 Å². The lowest BCUT2D eigenvalue weighted by Crippen LogP contribution is -2.11. The largest absolute Gasteiger partial charge is 0.556 e. The summed E-state index contributed by atoms with van der Waals surface area (Å²) in [7, 11) is -2.34. The summed E-state index contributed by atoms with van der Waals surface area (Å²) in [6.07, 6.45) is 23.7. The minimum Gasteiger partial charge on any atom is -0.556 e. The Bertz CT molecular complexity index is 827. The Balaban J connectivity index is 1.85. The van der Waals surface area contributed by atoms with Crippen molar-refractivity contribution in [3.8, 4) is 0 Å². The van der Waals surface area contributed by atoms with E-state index in [4.69, 9.17) is 14.6 Å². The van der Waals surface area contributed by atoms with E-state index in [1.807, 2.05) is 12.1 Å². The summed E-state index contributed by atoms with van der Waals surface area (Å²) in [5.74, 6) is 0.00410. The molecule has 8 nitrogen and oxygen atoms in total. The van der Waals surface area contributed by atoms with Gasteiger partial charge < -0.3 is 14.9 Å². The number of rotatable bonds is 29. The second kappa shape index (κ2) is 25.9. The van der Waals surface area contributed by atoms with Crippen LogP contribution in [0.2, 0.25) is 6.32 Å². The average molecular weight is 593 g/mol. The van der Waals surface area contributed by atoms with Crippen molar-refractivity contribution in [1.82, 2.24) is 0 Å². The fourth-order valence-corrected chi connectivity index (χ4v) is 5.34. The number of phosphoric acid groups is 1. The van der Waals surface area contributed by atoms with Crippen molar-refractivity contribution in [3.05, 3.63) is 36.8 Å². The molecule has 41 heavy (non-hydrogen) atoms. The Morgan fingerprint density at radius 2 is 1.34 bits per heavy atom. The van der Waals surface area contributed by atoms with Gasteiger partial charge in [0.1, 0.15) is 6.40 Å². The minimum absolute atomic E-state index is 0.00410. The number of aryl methyl sites for hydroxylation is 1. The van der Waals surface area contributed by atoms with E-state index in [1.165, 1.54) is 96.5 Å². The molecule has 1 radical (unpaired) electrons. The lowest BCUT2D eigenvalue weighted by molar-refractivity contribution is -0.116. The molecule has 0 bridgehead atoms. The van der Waals surface area contributed by atoms with Crippen LogP contribution in [-0.4, -0.2) is 37.9 Å². The summed E-state index contributed by atoms with van der Waals surface area (Å²) in [5.41, 5.74) is 2.16. The zero-order valence-corrected chi connectivity index (χ0v) is 26.1. The standard InChI is InChI=1S/C31H53BN2O6P/c1-2-39-41(36,37)40-27-18-16-14-12-10-8-6-4-3-5-7-9-11-13-15-17-20-29-22-24-30(25-23-29)34-31(35)21-19-26-32-38-28-33/h22-25,28,33H,1-21,26-27H2,(H-,34,35,36,37)/p+1. The van der Waals surface area contributed by atoms with E-state index in [2.05, 4.69) is 28.9 Å². The van der Waals surface area contributed by atoms with Crippen LogP contribution < -0.4 is 5.32 Å². The number of anilines is 1. The third-order valence-electron chi connectivity index (χ3n) is 7.00. The molecule has 3 N–H and O–H groups in total. The highest BCUT2D eigenvalue weighted by Gasteiger charge is 2.20. The zero-order valence-electron chi connectivity index (χ0n) is 25.2. The van der Waals surface area contributed by atoms with Gasteiger partial charge in [0, 0.05) is 12.1 Å². The molecular weight excluding hydrogens is 538 g/mol. The highest BCUT2D eigenvalue weighted by atomic mass is 31.2. The van der Waals surface area contributed by atoms with Crippen LogP contribution in [0.25, 0.3) is 0 Å². The van der Waals surface area contributed by atoms with Gasteiger partial charge in [0.2, 0.25) is 5.91 Å². The quantitative estimate of drug-likeness (QED) is 0.0214. The molecule has 0 heterocycles. The molecule has 1 amide bonds. The summed E-state index contributed by atoms with van der Waals surface area (Å²) >= 11 is 0. The molecule has 1 unspecified atom stereocenters. The summed E-state index contributed by atoms with van der Waals surface area (Å²) in [6, 6.07) is 8.19. The van der Waals surface area contributed by atoms with Gasteiger partial charge in [0.25, 0.3) is 0 Å². The van der Waals surface area contributed by atoms with Crippen molar-refractivity contribution in [1.29, 1.82) is 5.41 Å². The maximum atomic E-state index is 12.0. The van der Waals surface area contributed by atoms with E-state index in [1.54, 1.807) is 0 Å². The molecule has 0 fully saturated rings. The third kappa shape index (κ3) is 23.5. The van der Waals surface area contributed by atoms with E-state index >= 15 is 0 Å². The molecule has 0 aliphatic carbocycles. The van der Waals surface area contributed by atoms with E-state index < -0.39 is 7.82 Å². The Hall–Kier alpha value is -1.80. The average Bonchev–Trinajstić information content (AvgIpc) is 2.95. The molecule has 0 aliphatic heterocycles. The molecule has 0 spiro atoms. The number of hydrogen-bond donors (Lipinski definition) is 3. The Labute approximate surface area is 250 Å². The van der Waals surface area contributed by atoms with Crippen LogP contribution in [0.15, 0.2) is 24.3 Å². The highest BCUT2D eigenvalue weighted by Crippen LogP contribution is 2.42. The topological polar surface area (TPSA) is 118 Å². The van der Waals surface area contributed by atoms with Gasteiger partial charge in [-0.25, -0.2) is 9.09 Å². The number of hydrogen-bond acceptors (Lipinski definition) is 6. The zero-order chi connectivity index (χ0) is 29.9. The molecule has 1 aromatic carbocycles. The van der Waals surface area contributed by atoms with Crippen molar-refractivity contribution in [2.45, 2.75) is 128 Å². The van der Waals surface area contributed by atoms with Crippen LogP contribution in [0, 0.1) is 12.3 Å². The molecule has 0 saturated heterocycles. The fraction of sp³-hybridized carbons (Fsp3) is 0.710. The lowest BCUT2D eigenvalue weighted by atomic mass is 9.92. The number of carbonyl (C=O) groups excluding carboxylic acids is 1. The Morgan fingerprint density at radius 1 is 0.829 bits per heavy atom. The summed E-state index contributed by atoms with van der Waals surface area (Å²) in [4.78, 5) is 21.3. The molecule has 231 valence electrons. The summed E-state index contributed by atoms with van der Waals surface area (Å²) in [6.45, 7) is 3.57. The van der Waals surface area contributed by atoms with Crippen molar-refractivity contribution in [2.75, 3.05) is 18.5 Å². The van der Waals surface area contributed by atoms with Gasteiger partial charge in [-0.2, -0.15) is 0 Å². The smallest absolute Gasteiger partial charge is 0.475 e. The first-order valence-electron chi connectivity index (χ1n) is 15.7. The SMILES string of the molecule is [CH2+]COP(=O)(O)OCCCCCCCCCCCCCCCCCCc1ccc(NC(=O)CCC[B]OC=N)cc1. The molecule has 0 aromatic heterocycles. The van der Waals surface area contributed by atoms with Crippen LogP contribution >= 0.6 is 7.82 Å². The van der Waals surface area contributed by atoms with Crippen molar-refractivity contribution in [2.24, 2.45) is 0 Å². The van der Waals surface area contributed by atoms with Gasteiger partial charge >= 0.3 is 15.3 Å². The van der Waals surface area contributed by atoms with Crippen LogP contribution in [0.5, 0.6) is 0 Å². The number of amides is 1. The van der Waals surface area contributed by atoms with Crippen molar-refractivity contribution >= 4 is 33.3 Å². The Kier molecular flexibility index (Phi) is 23.5. The number of nitrogens with one attached hydrogen (secondary N) is 2. The van der Waals surface area contributed by atoms with Gasteiger partial charge in [-0.1, -0.05) is 102 Å². The summed E-state index contributed by atoms with van der Waals surface area (Å²) < 4.78 is 25.5. The number of benzene rings is 1. The van der Waals surface area contributed by atoms with Gasteiger partial charge in [-0.15, -0.1) is 0 Å². The van der Waals surface area contributed by atoms with Crippen LogP contribution in [-0.2, 0) is 29.5 Å². The second-order valence-corrected chi connectivity index (χ2v) is 12.1. The summed E-state index contributed by atoms with van der Waals surface area (Å²) in [5, 5.41) is 9.71. The lowest BCUT2D eigenvalue weighted by Gasteiger charge is -2.08. The Morgan fingerprint density at radius 3 is 1.85 bits per heavy atom. The minimum atomic E-state index is -3.88. The number of phosphoric ester groups is 1.